The number of Topliss-reactive ketones (excluding diaryl/α,β-unsaturated/α-hetero) is 1. The highest BCUT2D eigenvalue weighted by Gasteiger charge is 2.31. The van der Waals surface area contributed by atoms with Gasteiger partial charge in [-0.1, -0.05) is 32.1 Å². The fraction of sp³-hybridized carbons (Fsp3) is 0.433. The zero-order valence-electron chi connectivity index (χ0n) is 21.7. The minimum Gasteiger partial charge on any atom is -0.508 e. The number of carbonyl (C=O) groups excluding carboxylic acids is 2. The lowest BCUT2D eigenvalue weighted by atomic mass is 9.85. The van der Waals surface area contributed by atoms with E-state index in [2.05, 4.69) is 11.9 Å². The molecule has 2 aromatic carbocycles. The lowest BCUT2D eigenvalue weighted by molar-refractivity contribution is -0.143. The fourth-order valence-electron chi connectivity index (χ4n) is 4.67. The van der Waals surface area contributed by atoms with Crippen LogP contribution in [-0.2, 0) is 28.9 Å². The van der Waals surface area contributed by atoms with Crippen LogP contribution in [0.2, 0.25) is 0 Å². The van der Waals surface area contributed by atoms with Crippen LogP contribution in [-0.4, -0.2) is 40.5 Å². The van der Waals surface area contributed by atoms with Gasteiger partial charge in [-0.25, -0.2) is 4.79 Å². The molecule has 7 nitrogen and oxygen atoms in total. The molecule has 0 aromatic heterocycles. The number of unbranched alkanes of at least 4 members (excludes halogenated alkanes) is 1. The number of fused-ring (bicyclic) bond motifs is 1. The molecule has 1 amide bonds. The molecule has 0 spiro atoms. The number of hydrogen-bond donors (Lipinski definition) is 3. The minimum atomic E-state index is -1.10. The van der Waals surface area contributed by atoms with Gasteiger partial charge in [-0.15, -0.1) is 6.58 Å². The van der Waals surface area contributed by atoms with E-state index in [4.69, 9.17) is 4.74 Å². The lowest BCUT2D eigenvalue weighted by Crippen LogP contribution is -2.47. The number of benzene rings is 2. The van der Waals surface area contributed by atoms with Gasteiger partial charge in [0.05, 0.1) is 6.61 Å². The third-order valence-electron chi connectivity index (χ3n) is 6.92. The van der Waals surface area contributed by atoms with E-state index in [1.807, 2.05) is 32.1 Å². The maximum absolute atomic E-state index is 12.9. The van der Waals surface area contributed by atoms with E-state index in [0.717, 1.165) is 48.1 Å². The molecular weight excluding hydrogens is 470 g/mol. The number of aromatic hydroxyl groups is 1. The van der Waals surface area contributed by atoms with Crippen molar-refractivity contribution in [2.75, 3.05) is 6.61 Å². The summed E-state index contributed by atoms with van der Waals surface area (Å²) in [4.78, 5) is 36.9. The van der Waals surface area contributed by atoms with Crippen LogP contribution in [0.3, 0.4) is 0 Å². The SMILES string of the molecule is C=CCc1c(OCCCCC(C)(C)C(=O)NC(Cc2ccc(O)cc2)C(=O)O)ccc2c1CCCC2=O. The smallest absolute Gasteiger partial charge is 0.326 e. The van der Waals surface area contributed by atoms with Crippen molar-refractivity contribution in [3.8, 4) is 11.5 Å². The predicted molar refractivity (Wildman–Crippen MR) is 142 cm³/mol. The number of ketones is 1. The molecule has 1 unspecified atom stereocenters. The first-order valence-electron chi connectivity index (χ1n) is 12.9. The van der Waals surface area contributed by atoms with Crippen molar-refractivity contribution in [1.29, 1.82) is 0 Å². The van der Waals surface area contributed by atoms with Gasteiger partial charge in [0.2, 0.25) is 5.91 Å². The molecule has 1 atom stereocenters. The molecule has 0 bridgehead atoms. The van der Waals surface area contributed by atoms with E-state index >= 15 is 0 Å². The van der Waals surface area contributed by atoms with Gasteiger partial charge < -0.3 is 20.3 Å². The molecule has 1 aliphatic rings. The third-order valence-corrected chi connectivity index (χ3v) is 6.92. The molecule has 2 aromatic rings. The summed E-state index contributed by atoms with van der Waals surface area (Å²) in [5.41, 5.74) is 2.87. The molecule has 0 heterocycles. The molecule has 37 heavy (non-hydrogen) atoms. The topological polar surface area (TPSA) is 113 Å². The van der Waals surface area contributed by atoms with Crippen molar-refractivity contribution >= 4 is 17.7 Å². The molecule has 0 aliphatic heterocycles. The Kier molecular flexibility index (Phi) is 9.50. The number of phenolic OH excluding ortho intramolecular Hbond substituents is 1. The molecule has 3 rings (SSSR count). The second-order valence-electron chi connectivity index (χ2n) is 10.3. The van der Waals surface area contributed by atoms with E-state index in [-0.39, 0.29) is 23.9 Å². The van der Waals surface area contributed by atoms with Crippen molar-refractivity contribution in [2.45, 2.75) is 71.3 Å². The number of allylic oxidation sites excluding steroid dienone is 1. The number of carboxylic acids is 1. The van der Waals surface area contributed by atoms with Crippen LogP contribution in [0.15, 0.2) is 49.1 Å². The summed E-state index contributed by atoms with van der Waals surface area (Å²) >= 11 is 0. The number of aliphatic carboxylic acids is 1. The Hall–Kier alpha value is -3.61. The van der Waals surface area contributed by atoms with Crippen LogP contribution >= 0.6 is 0 Å². The number of carbonyl (C=O) groups is 3. The standard InChI is InChI=1S/C30H37NO6/c1-4-8-24-22-9-7-10-26(33)23(22)15-16-27(24)37-18-6-5-17-30(2,3)29(36)31-25(28(34)35)19-20-11-13-21(32)14-12-20/h4,11-16,25,32H,1,5-10,17-19H2,2-3H3,(H,31,36)(H,34,35). The molecule has 0 fully saturated rings. The first-order chi connectivity index (χ1) is 17.6. The number of carboxylic acid groups (broad SMARTS) is 1. The van der Waals surface area contributed by atoms with Crippen LogP contribution < -0.4 is 10.1 Å². The van der Waals surface area contributed by atoms with Gasteiger partial charge in [0.1, 0.15) is 17.5 Å². The maximum atomic E-state index is 12.9. The van der Waals surface area contributed by atoms with E-state index in [1.165, 1.54) is 12.1 Å². The number of rotatable bonds is 13. The van der Waals surface area contributed by atoms with E-state index in [0.29, 0.717) is 31.4 Å². The Morgan fingerprint density at radius 2 is 1.86 bits per heavy atom. The average Bonchev–Trinajstić information content (AvgIpc) is 2.86. The Balaban J connectivity index is 1.51. The van der Waals surface area contributed by atoms with Crippen LogP contribution in [0, 0.1) is 5.41 Å². The molecular formula is C30H37NO6. The zero-order chi connectivity index (χ0) is 27.0. The molecule has 0 saturated heterocycles. The molecule has 7 heteroatoms. The average molecular weight is 508 g/mol. The van der Waals surface area contributed by atoms with E-state index < -0.39 is 17.4 Å². The van der Waals surface area contributed by atoms with Crippen molar-refractivity contribution in [3.63, 3.8) is 0 Å². The highest BCUT2D eigenvalue weighted by atomic mass is 16.5. The molecule has 0 saturated carbocycles. The quantitative estimate of drug-likeness (QED) is 0.259. The highest BCUT2D eigenvalue weighted by Crippen LogP contribution is 2.32. The van der Waals surface area contributed by atoms with Gasteiger partial charge in [-0.2, -0.15) is 0 Å². The van der Waals surface area contributed by atoms with Gasteiger partial charge in [-0.3, -0.25) is 9.59 Å². The van der Waals surface area contributed by atoms with Crippen LogP contribution in [0.5, 0.6) is 11.5 Å². The maximum Gasteiger partial charge on any atom is 0.326 e. The van der Waals surface area contributed by atoms with Crippen molar-refractivity contribution in [2.24, 2.45) is 5.41 Å². The van der Waals surface area contributed by atoms with Crippen LogP contribution in [0.1, 0.15) is 73.0 Å². The summed E-state index contributed by atoms with van der Waals surface area (Å²) in [6.45, 7) is 7.95. The number of hydrogen-bond acceptors (Lipinski definition) is 5. The summed E-state index contributed by atoms with van der Waals surface area (Å²) in [5, 5.41) is 21.7. The van der Waals surface area contributed by atoms with Crippen molar-refractivity contribution in [1.82, 2.24) is 5.32 Å². The Morgan fingerprint density at radius 3 is 2.54 bits per heavy atom. The van der Waals surface area contributed by atoms with Gasteiger partial charge in [0.25, 0.3) is 0 Å². The first-order valence-corrected chi connectivity index (χ1v) is 12.9. The van der Waals surface area contributed by atoms with E-state index in [9.17, 15) is 24.6 Å². The Morgan fingerprint density at radius 1 is 1.14 bits per heavy atom. The largest absolute Gasteiger partial charge is 0.508 e. The van der Waals surface area contributed by atoms with Gasteiger partial charge in [-0.05, 0) is 73.9 Å². The Bertz CT molecular complexity index is 1140. The number of amides is 1. The summed E-state index contributed by atoms with van der Waals surface area (Å²) in [6, 6.07) is 8.95. The van der Waals surface area contributed by atoms with Crippen molar-refractivity contribution < 1.29 is 29.3 Å². The second kappa shape index (κ2) is 12.6. The molecule has 3 N–H and O–H groups in total. The number of nitrogens with one attached hydrogen (secondary N) is 1. The van der Waals surface area contributed by atoms with E-state index in [1.54, 1.807) is 12.1 Å². The molecule has 198 valence electrons. The summed E-state index contributed by atoms with van der Waals surface area (Å²) in [6.07, 6.45) is 6.96. The predicted octanol–water partition coefficient (Wildman–Crippen LogP) is 5.03. The van der Waals surface area contributed by atoms with Crippen LogP contribution in [0.4, 0.5) is 0 Å². The fourth-order valence-corrected chi connectivity index (χ4v) is 4.67. The zero-order valence-corrected chi connectivity index (χ0v) is 21.7. The monoisotopic (exact) mass is 507 g/mol. The lowest BCUT2D eigenvalue weighted by Gasteiger charge is -2.26. The number of ether oxygens (including phenoxy) is 1. The highest BCUT2D eigenvalue weighted by molar-refractivity contribution is 5.99. The van der Waals surface area contributed by atoms with Crippen molar-refractivity contribution in [3.05, 3.63) is 71.3 Å². The number of phenols is 1. The molecule has 1 aliphatic carbocycles. The minimum absolute atomic E-state index is 0.100. The van der Waals surface area contributed by atoms with Crippen LogP contribution in [0.25, 0.3) is 0 Å². The molecule has 0 radical (unpaired) electrons. The summed E-state index contributed by atoms with van der Waals surface area (Å²) < 4.78 is 6.08. The first kappa shape index (κ1) is 28.0. The van der Waals surface area contributed by atoms with Gasteiger partial charge in [0.15, 0.2) is 5.78 Å². The summed E-state index contributed by atoms with van der Waals surface area (Å²) in [7, 11) is 0. The Labute approximate surface area is 218 Å². The third kappa shape index (κ3) is 7.44. The van der Waals surface area contributed by atoms with Gasteiger partial charge in [0, 0.05) is 29.4 Å². The van der Waals surface area contributed by atoms with Gasteiger partial charge >= 0.3 is 5.97 Å². The second-order valence-corrected chi connectivity index (χ2v) is 10.3. The normalized spacial score (nSPS) is 13.9. The summed E-state index contributed by atoms with van der Waals surface area (Å²) in [5.74, 6) is -0.348.